The molecule has 2 rings (SSSR count). The molecule has 1 atom stereocenters. The molecule has 0 radical (unpaired) electrons. The van der Waals surface area contributed by atoms with E-state index in [4.69, 9.17) is 5.73 Å². The van der Waals surface area contributed by atoms with Crippen molar-refractivity contribution in [2.45, 2.75) is 19.5 Å². The van der Waals surface area contributed by atoms with Crippen LogP contribution in [-0.4, -0.2) is 7.05 Å². The Balaban J connectivity index is 2.21. The molecule has 0 aliphatic rings. The summed E-state index contributed by atoms with van der Waals surface area (Å²) in [6.07, 6.45) is 0. The van der Waals surface area contributed by atoms with E-state index in [0.717, 1.165) is 6.54 Å². The first-order valence-electron chi connectivity index (χ1n) is 5.76. The van der Waals surface area contributed by atoms with Gasteiger partial charge in [0.2, 0.25) is 0 Å². The van der Waals surface area contributed by atoms with E-state index in [0.29, 0.717) is 0 Å². The summed E-state index contributed by atoms with van der Waals surface area (Å²) in [6.45, 7) is 2.96. The van der Waals surface area contributed by atoms with Crippen molar-refractivity contribution in [3.63, 3.8) is 0 Å². The lowest BCUT2D eigenvalue weighted by Gasteiger charge is -2.23. The second kappa shape index (κ2) is 5.34. The van der Waals surface area contributed by atoms with Crippen molar-refractivity contribution >= 4 is 17.0 Å². The molecule has 2 aromatic rings. The Morgan fingerprint density at radius 3 is 2.65 bits per heavy atom. The lowest BCUT2D eigenvalue weighted by Crippen LogP contribution is -2.19. The van der Waals surface area contributed by atoms with Crippen LogP contribution in [-0.2, 0) is 6.54 Å². The van der Waals surface area contributed by atoms with E-state index in [2.05, 4.69) is 47.7 Å². The summed E-state index contributed by atoms with van der Waals surface area (Å²) in [6, 6.07) is 12.7. The van der Waals surface area contributed by atoms with Crippen molar-refractivity contribution in [2.24, 2.45) is 5.73 Å². The number of para-hydroxylation sites is 1. The fourth-order valence-electron chi connectivity index (χ4n) is 1.94. The second-order valence-corrected chi connectivity index (χ2v) is 5.32. The summed E-state index contributed by atoms with van der Waals surface area (Å²) < 4.78 is 0. The minimum atomic E-state index is 0.0667. The van der Waals surface area contributed by atoms with Crippen LogP contribution in [0.1, 0.15) is 23.4 Å². The third-order valence-corrected chi connectivity index (χ3v) is 3.67. The van der Waals surface area contributed by atoms with Gasteiger partial charge in [-0.05, 0) is 30.0 Å². The van der Waals surface area contributed by atoms with Gasteiger partial charge in [-0.25, -0.2) is 0 Å². The number of nitrogens with two attached hydrogens (primary N) is 1. The molecule has 1 aromatic heterocycles. The zero-order valence-electron chi connectivity index (χ0n) is 10.3. The molecule has 90 valence electrons. The Morgan fingerprint density at radius 1 is 1.24 bits per heavy atom. The van der Waals surface area contributed by atoms with Crippen LogP contribution in [0.2, 0.25) is 0 Å². The van der Waals surface area contributed by atoms with Gasteiger partial charge < -0.3 is 10.6 Å². The van der Waals surface area contributed by atoms with Crippen molar-refractivity contribution in [1.82, 2.24) is 0 Å². The summed E-state index contributed by atoms with van der Waals surface area (Å²) in [4.78, 5) is 3.62. The zero-order chi connectivity index (χ0) is 12.3. The van der Waals surface area contributed by atoms with Gasteiger partial charge in [0, 0.05) is 23.7 Å². The molecule has 2 nitrogen and oxygen atoms in total. The lowest BCUT2D eigenvalue weighted by molar-refractivity contribution is 0.803. The number of thiophene rings is 1. The van der Waals surface area contributed by atoms with Crippen LogP contribution in [0.3, 0.4) is 0 Å². The fraction of sp³-hybridized carbons (Fsp3) is 0.286. The van der Waals surface area contributed by atoms with Gasteiger partial charge in [0.1, 0.15) is 0 Å². The highest BCUT2D eigenvalue weighted by molar-refractivity contribution is 7.09. The second-order valence-electron chi connectivity index (χ2n) is 4.28. The third kappa shape index (κ3) is 2.87. The van der Waals surface area contributed by atoms with Crippen LogP contribution in [0.15, 0.2) is 41.8 Å². The molecule has 0 spiro atoms. The van der Waals surface area contributed by atoms with Crippen molar-refractivity contribution in [1.29, 1.82) is 0 Å². The zero-order valence-corrected chi connectivity index (χ0v) is 11.1. The van der Waals surface area contributed by atoms with Crippen LogP contribution in [0.4, 0.5) is 5.69 Å². The number of anilines is 1. The summed E-state index contributed by atoms with van der Waals surface area (Å²) >= 11 is 1.79. The molecule has 17 heavy (non-hydrogen) atoms. The molecule has 0 saturated carbocycles. The molecule has 0 aliphatic carbocycles. The highest BCUT2D eigenvalue weighted by Crippen LogP contribution is 2.25. The number of benzene rings is 1. The molecule has 1 aromatic carbocycles. The topological polar surface area (TPSA) is 29.3 Å². The molecular weight excluding hydrogens is 228 g/mol. The Morgan fingerprint density at radius 2 is 2.00 bits per heavy atom. The minimum Gasteiger partial charge on any atom is -0.369 e. The van der Waals surface area contributed by atoms with E-state index >= 15 is 0 Å². The smallest absolute Gasteiger partial charge is 0.0519 e. The Kier molecular flexibility index (Phi) is 3.82. The highest BCUT2D eigenvalue weighted by atomic mass is 32.1. The Bertz CT molecular complexity index is 463. The Labute approximate surface area is 107 Å². The molecule has 2 N–H and O–H groups in total. The van der Waals surface area contributed by atoms with E-state index in [9.17, 15) is 0 Å². The average molecular weight is 246 g/mol. The molecule has 3 heteroatoms. The van der Waals surface area contributed by atoms with E-state index in [1.807, 2.05) is 13.0 Å². The summed E-state index contributed by atoms with van der Waals surface area (Å²) in [7, 11) is 2.11. The summed E-state index contributed by atoms with van der Waals surface area (Å²) in [5, 5.41) is 2.11. The standard InChI is InChI=1S/C14H18N2S/c1-11(15)13-7-3-4-8-14(13)16(2)10-12-6-5-9-17-12/h3-9,11H,10,15H2,1-2H3/t11-/m0/s1. The summed E-state index contributed by atoms with van der Waals surface area (Å²) in [5.41, 5.74) is 8.42. The SMILES string of the molecule is C[C@H](N)c1ccccc1N(C)Cc1cccs1. The van der Waals surface area contributed by atoms with Crippen molar-refractivity contribution < 1.29 is 0 Å². The van der Waals surface area contributed by atoms with Gasteiger partial charge in [0.15, 0.2) is 0 Å². The molecule has 0 fully saturated rings. The van der Waals surface area contributed by atoms with Crippen LogP contribution in [0, 0.1) is 0 Å². The van der Waals surface area contributed by atoms with E-state index < -0.39 is 0 Å². The maximum Gasteiger partial charge on any atom is 0.0519 e. The van der Waals surface area contributed by atoms with Crippen molar-refractivity contribution in [3.05, 3.63) is 52.2 Å². The minimum absolute atomic E-state index is 0.0667. The monoisotopic (exact) mass is 246 g/mol. The normalized spacial score (nSPS) is 12.4. The predicted octanol–water partition coefficient (Wildman–Crippen LogP) is 3.40. The first-order valence-corrected chi connectivity index (χ1v) is 6.64. The van der Waals surface area contributed by atoms with E-state index in [-0.39, 0.29) is 6.04 Å². The van der Waals surface area contributed by atoms with Gasteiger partial charge in [0.05, 0.1) is 6.54 Å². The maximum atomic E-state index is 6.00. The van der Waals surface area contributed by atoms with Gasteiger partial charge in [0.25, 0.3) is 0 Å². The van der Waals surface area contributed by atoms with Gasteiger partial charge in [-0.15, -0.1) is 11.3 Å². The summed E-state index contributed by atoms with van der Waals surface area (Å²) in [5.74, 6) is 0. The third-order valence-electron chi connectivity index (χ3n) is 2.81. The lowest BCUT2D eigenvalue weighted by atomic mass is 10.1. The first-order chi connectivity index (χ1) is 8.18. The number of hydrogen-bond acceptors (Lipinski definition) is 3. The van der Waals surface area contributed by atoms with Gasteiger partial charge >= 0.3 is 0 Å². The largest absolute Gasteiger partial charge is 0.369 e. The maximum absolute atomic E-state index is 6.00. The van der Waals surface area contributed by atoms with Crippen LogP contribution >= 0.6 is 11.3 Å². The molecular formula is C14H18N2S. The quantitative estimate of drug-likeness (QED) is 0.896. The van der Waals surface area contributed by atoms with Gasteiger partial charge in [-0.1, -0.05) is 24.3 Å². The molecule has 1 heterocycles. The molecule has 0 unspecified atom stereocenters. The van der Waals surface area contributed by atoms with E-state index in [1.165, 1.54) is 16.1 Å². The molecule has 0 amide bonds. The Hall–Kier alpha value is -1.32. The van der Waals surface area contributed by atoms with E-state index in [1.54, 1.807) is 11.3 Å². The molecule has 0 saturated heterocycles. The number of nitrogens with zero attached hydrogens (tertiary/aromatic N) is 1. The van der Waals surface area contributed by atoms with Crippen molar-refractivity contribution in [2.75, 3.05) is 11.9 Å². The number of hydrogen-bond donors (Lipinski definition) is 1. The predicted molar refractivity (Wildman–Crippen MR) is 75.5 cm³/mol. The van der Waals surface area contributed by atoms with Crippen LogP contribution in [0.25, 0.3) is 0 Å². The molecule has 0 bridgehead atoms. The first kappa shape index (κ1) is 12.1. The van der Waals surface area contributed by atoms with Crippen molar-refractivity contribution in [3.8, 4) is 0 Å². The van der Waals surface area contributed by atoms with Gasteiger partial charge in [-0.3, -0.25) is 0 Å². The van der Waals surface area contributed by atoms with Crippen LogP contribution in [0.5, 0.6) is 0 Å². The fourth-order valence-corrected chi connectivity index (χ4v) is 2.70. The average Bonchev–Trinajstić information content (AvgIpc) is 2.81. The molecule has 0 aliphatic heterocycles. The van der Waals surface area contributed by atoms with Gasteiger partial charge in [-0.2, -0.15) is 0 Å². The highest BCUT2D eigenvalue weighted by Gasteiger charge is 2.10. The number of rotatable bonds is 4. The van der Waals surface area contributed by atoms with Crippen LogP contribution < -0.4 is 10.6 Å².